The Balaban J connectivity index is 0.000000399. The molecule has 1 aliphatic heterocycles. The molecule has 0 aliphatic carbocycles. The molecule has 4 nitrogen and oxygen atoms in total. The van der Waals surface area contributed by atoms with Gasteiger partial charge in [-0.15, -0.1) is 0 Å². The monoisotopic (exact) mass is 296 g/mol. The summed E-state index contributed by atoms with van der Waals surface area (Å²) in [6, 6.07) is -0.0135. The lowest BCUT2D eigenvalue weighted by molar-refractivity contribution is -0.192. The summed E-state index contributed by atoms with van der Waals surface area (Å²) >= 11 is 0. The molecule has 0 unspecified atom stereocenters. The zero-order valence-electron chi connectivity index (χ0n) is 9.98. The number of piperazine rings is 1. The minimum Gasteiger partial charge on any atom is -0.475 e. The van der Waals surface area contributed by atoms with Gasteiger partial charge in [-0.2, -0.15) is 26.3 Å². The molecular formula is C9H14F6N2O2. The Morgan fingerprint density at radius 2 is 1.79 bits per heavy atom. The molecule has 0 radical (unpaired) electrons. The van der Waals surface area contributed by atoms with E-state index in [-0.39, 0.29) is 6.04 Å². The van der Waals surface area contributed by atoms with E-state index in [1.807, 2.05) is 0 Å². The van der Waals surface area contributed by atoms with E-state index in [0.717, 1.165) is 0 Å². The smallest absolute Gasteiger partial charge is 0.475 e. The zero-order chi connectivity index (χ0) is 15.3. The highest BCUT2D eigenvalue weighted by molar-refractivity contribution is 5.73. The van der Waals surface area contributed by atoms with Crippen LogP contribution < -0.4 is 5.32 Å². The van der Waals surface area contributed by atoms with Gasteiger partial charge in [0, 0.05) is 25.7 Å². The topological polar surface area (TPSA) is 52.6 Å². The molecule has 0 bridgehead atoms. The number of hydrogen-bond acceptors (Lipinski definition) is 3. The van der Waals surface area contributed by atoms with Crippen molar-refractivity contribution < 1.29 is 36.2 Å². The van der Waals surface area contributed by atoms with E-state index in [2.05, 4.69) is 5.32 Å². The second-order valence-corrected chi connectivity index (χ2v) is 3.94. The average molecular weight is 296 g/mol. The molecule has 114 valence electrons. The Labute approximate surface area is 105 Å². The highest BCUT2D eigenvalue weighted by Crippen LogP contribution is 2.18. The number of alkyl halides is 6. The summed E-state index contributed by atoms with van der Waals surface area (Å²) in [5.41, 5.74) is 0. The van der Waals surface area contributed by atoms with Crippen molar-refractivity contribution in [1.29, 1.82) is 0 Å². The predicted octanol–water partition coefficient (Wildman–Crippen LogP) is 1.48. The number of hydrogen-bond donors (Lipinski definition) is 2. The van der Waals surface area contributed by atoms with Gasteiger partial charge < -0.3 is 10.4 Å². The van der Waals surface area contributed by atoms with E-state index >= 15 is 0 Å². The Morgan fingerprint density at radius 1 is 1.32 bits per heavy atom. The standard InChI is InChI=1S/C7H13F3N2.C2HF3O2/c1-6-4-11-2-3-12(6)5-7(8,9)10;3-2(4,5)1(6)7/h6,11H,2-5H2,1H3;(H,6,7)/t6-;/m0./s1. The zero-order valence-corrected chi connectivity index (χ0v) is 9.98. The van der Waals surface area contributed by atoms with Crippen molar-refractivity contribution in [3.8, 4) is 0 Å². The van der Waals surface area contributed by atoms with Gasteiger partial charge >= 0.3 is 18.3 Å². The fourth-order valence-corrected chi connectivity index (χ4v) is 1.35. The van der Waals surface area contributed by atoms with Gasteiger partial charge in [0.25, 0.3) is 0 Å². The fourth-order valence-electron chi connectivity index (χ4n) is 1.35. The molecule has 0 aromatic rings. The van der Waals surface area contributed by atoms with Crippen LogP contribution in [-0.2, 0) is 4.79 Å². The minimum absolute atomic E-state index is 0.0135. The number of nitrogens with one attached hydrogen (secondary N) is 1. The number of aliphatic carboxylic acids is 1. The van der Waals surface area contributed by atoms with Gasteiger partial charge in [0.1, 0.15) is 0 Å². The normalized spacial score (nSPS) is 21.5. The van der Waals surface area contributed by atoms with Crippen molar-refractivity contribution in [1.82, 2.24) is 10.2 Å². The van der Waals surface area contributed by atoms with Crippen LogP contribution in [0, 0.1) is 0 Å². The van der Waals surface area contributed by atoms with Crippen LogP contribution in [0.2, 0.25) is 0 Å². The average Bonchev–Trinajstić information content (AvgIpc) is 2.19. The number of carbonyl (C=O) groups is 1. The van der Waals surface area contributed by atoms with Crippen LogP contribution in [-0.4, -0.2) is 60.5 Å². The number of rotatable bonds is 1. The first-order chi connectivity index (χ1) is 8.43. The number of nitrogens with zero attached hydrogens (tertiary/aromatic N) is 1. The van der Waals surface area contributed by atoms with Crippen molar-refractivity contribution in [2.24, 2.45) is 0 Å². The van der Waals surface area contributed by atoms with E-state index in [1.165, 1.54) is 4.90 Å². The van der Waals surface area contributed by atoms with E-state index in [1.54, 1.807) is 6.92 Å². The molecule has 0 saturated carbocycles. The lowest BCUT2D eigenvalue weighted by Crippen LogP contribution is -2.52. The van der Waals surface area contributed by atoms with E-state index in [9.17, 15) is 26.3 Å². The van der Waals surface area contributed by atoms with Crippen molar-refractivity contribution in [3.63, 3.8) is 0 Å². The molecule has 2 N–H and O–H groups in total. The Morgan fingerprint density at radius 3 is 2.11 bits per heavy atom. The van der Waals surface area contributed by atoms with Crippen LogP contribution in [0.25, 0.3) is 0 Å². The van der Waals surface area contributed by atoms with Gasteiger partial charge in [-0.3, -0.25) is 4.90 Å². The fraction of sp³-hybridized carbons (Fsp3) is 0.889. The molecule has 0 aromatic heterocycles. The third-order valence-electron chi connectivity index (χ3n) is 2.26. The van der Waals surface area contributed by atoms with Crippen LogP contribution in [0.5, 0.6) is 0 Å². The lowest BCUT2D eigenvalue weighted by atomic mass is 10.2. The van der Waals surface area contributed by atoms with E-state index in [4.69, 9.17) is 9.90 Å². The summed E-state index contributed by atoms with van der Waals surface area (Å²) in [5.74, 6) is -2.76. The van der Waals surface area contributed by atoms with Gasteiger partial charge in [0.05, 0.1) is 6.54 Å². The summed E-state index contributed by atoms with van der Waals surface area (Å²) in [5, 5.41) is 10.2. The summed E-state index contributed by atoms with van der Waals surface area (Å²) < 4.78 is 67.6. The van der Waals surface area contributed by atoms with E-state index in [0.29, 0.717) is 19.6 Å². The third kappa shape index (κ3) is 8.65. The summed E-state index contributed by atoms with van der Waals surface area (Å²) in [6.45, 7) is 2.81. The van der Waals surface area contributed by atoms with Gasteiger partial charge in [0.2, 0.25) is 0 Å². The van der Waals surface area contributed by atoms with Crippen LogP contribution in [0.4, 0.5) is 26.3 Å². The quantitative estimate of drug-likeness (QED) is 0.720. The Hall–Kier alpha value is -1.03. The maximum Gasteiger partial charge on any atom is 0.490 e. The molecular weight excluding hydrogens is 282 g/mol. The highest BCUT2D eigenvalue weighted by Gasteiger charge is 2.38. The maximum absolute atomic E-state index is 12.0. The van der Waals surface area contributed by atoms with Crippen LogP contribution in [0.3, 0.4) is 0 Å². The van der Waals surface area contributed by atoms with Gasteiger partial charge in [0.15, 0.2) is 0 Å². The van der Waals surface area contributed by atoms with Gasteiger partial charge in [-0.1, -0.05) is 0 Å². The number of halogens is 6. The highest BCUT2D eigenvalue weighted by atomic mass is 19.4. The van der Waals surface area contributed by atoms with Crippen LogP contribution in [0.15, 0.2) is 0 Å². The largest absolute Gasteiger partial charge is 0.490 e. The Bertz CT molecular complexity index is 291. The molecule has 1 fully saturated rings. The summed E-state index contributed by atoms with van der Waals surface area (Å²) in [7, 11) is 0. The van der Waals surface area contributed by atoms with Crippen molar-refractivity contribution in [2.75, 3.05) is 26.2 Å². The SMILES string of the molecule is C[C@H]1CNCCN1CC(F)(F)F.O=C(O)C(F)(F)F. The number of carboxylic acids is 1. The van der Waals surface area contributed by atoms with Crippen molar-refractivity contribution in [3.05, 3.63) is 0 Å². The van der Waals surface area contributed by atoms with Crippen molar-refractivity contribution >= 4 is 5.97 Å². The molecule has 1 heterocycles. The molecule has 10 heteroatoms. The van der Waals surface area contributed by atoms with Gasteiger partial charge in [-0.05, 0) is 6.92 Å². The van der Waals surface area contributed by atoms with E-state index < -0.39 is 24.9 Å². The molecule has 0 amide bonds. The lowest BCUT2D eigenvalue weighted by Gasteiger charge is -2.34. The first kappa shape index (κ1) is 18.0. The molecule has 1 rings (SSSR count). The summed E-state index contributed by atoms with van der Waals surface area (Å²) in [6.07, 6.45) is -9.15. The maximum atomic E-state index is 12.0. The Kier molecular flexibility index (Phi) is 6.57. The summed E-state index contributed by atoms with van der Waals surface area (Å²) in [4.78, 5) is 10.4. The van der Waals surface area contributed by atoms with Gasteiger partial charge in [-0.25, -0.2) is 4.79 Å². The molecule has 0 spiro atoms. The van der Waals surface area contributed by atoms with Crippen LogP contribution >= 0.6 is 0 Å². The first-order valence-corrected chi connectivity index (χ1v) is 5.25. The van der Waals surface area contributed by atoms with Crippen molar-refractivity contribution in [2.45, 2.75) is 25.3 Å². The molecule has 1 atom stereocenters. The third-order valence-corrected chi connectivity index (χ3v) is 2.26. The predicted molar refractivity (Wildman–Crippen MR) is 53.7 cm³/mol. The molecule has 1 saturated heterocycles. The molecule has 19 heavy (non-hydrogen) atoms. The second kappa shape index (κ2) is 6.94. The van der Waals surface area contributed by atoms with Crippen LogP contribution in [0.1, 0.15) is 6.92 Å². The molecule has 1 aliphatic rings. The number of carboxylic acid groups (broad SMARTS) is 1. The first-order valence-electron chi connectivity index (χ1n) is 5.25. The molecule has 0 aromatic carbocycles. The minimum atomic E-state index is -5.08. The second-order valence-electron chi connectivity index (χ2n) is 3.94.